The van der Waals surface area contributed by atoms with E-state index < -0.39 is 30.3 Å². The molecule has 1 fully saturated rings. The number of hydrogen-bond donors (Lipinski definition) is 0. The molecule has 4 atom stereocenters. The van der Waals surface area contributed by atoms with Crippen molar-refractivity contribution >= 4 is 23.9 Å². The van der Waals surface area contributed by atoms with Crippen LogP contribution in [0.15, 0.2) is 0 Å². The highest BCUT2D eigenvalue weighted by molar-refractivity contribution is 5.71. The Kier molecular flexibility index (Phi) is 19.4. The molecule has 0 N–H and O–H groups in total. The van der Waals surface area contributed by atoms with E-state index in [2.05, 4.69) is 18.7 Å². The summed E-state index contributed by atoms with van der Waals surface area (Å²) in [5, 5.41) is 0. The van der Waals surface area contributed by atoms with Gasteiger partial charge in [0.25, 0.3) is 0 Å². The van der Waals surface area contributed by atoms with Crippen LogP contribution in [0.4, 0.5) is 0 Å². The topological polar surface area (TPSA) is 108 Å². The number of nitrogens with zero attached hydrogens (tertiary/aromatic N) is 1. The van der Waals surface area contributed by atoms with Crippen molar-refractivity contribution in [1.29, 1.82) is 0 Å². The molecule has 0 aromatic rings. The van der Waals surface area contributed by atoms with E-state index in [-0.39, 0.29) is 44.2 Å². The molecule has 1 aliphatic rings. The lowest BCUT2D eigenvalue weighted by Crippen LogP contribution is -2.45. The number of rotatable bonds is 21. The van der Waals surface area contributed by atoms with Gasteiger partial charge in [0.15, 0.2) is 6.10 Å². The van der Waals surface area contributed by atoms with Crippen molar-refractivity contribution in [3.8, 4) is 0 Å². The molecule has 0 aromatic heterocycles. The molecule has 0 aromatic carbocycles. The number of likely N-dealkylation sites (tertiary alicyclic amines) is 1. The van der Waals surface area contributed by atoms with Gasteiger partial charge in [0.1, 0.15) is 12.2 Å². The van der Waals surface area contributed by atoms with Crippen LogP contribution in [0.25, 0.3) is 0 Å². The summed E-state index contributed by atoms with van der Waals surface area (Å²) < 4.78 is 22.4. The summed E-state index contributed by atoms with van der Waals surface area (Å²) in [5.41, 5.74) is 0. The van der Waals surface area contributed by atoms with Crippen molar-refractivity contribution in [3.63, 3.8) is 0 Å². The molecule has 9 nitrogen and oxygen atoms in total. The third-order valence-electron chi connectivity index (χ3n) is 7.38. The van der Waals surface area contributed by atoms with Gasteiger partial charge in [0, 0.05) is 38.1 Å². The number of carbonyl (C=O) groups is 4. The fourth-order valence-electron chi connectivity index (χ4n) is 5.14. The fraction of sp³-hybridized carbons (Fsp3) is 0.875. The Labute approximate surface area is 248 Å². The van der Waals surface area contributed by atoms with Gasteiger partial charge in [-0.05, 0) is 77.3 Å². The summed E-state index contributed by atoms with van der Waals surface area (Å²) in [7, 11) is 0. The molecular weight excluding hydrogens is 526 g/mol. The third kappa shape index (κ3) is 16.2. The van der Waals surface area contributed by atoms with Gasteiger partial charge < -0.3 is 23.8 Å². The van der Waals surface area contributed by atoms with E-state index in [9.17, 15) is 19.2 Å². The van der Waals surface area contributed by atoms with E-state index in [0.29, 0.717) is 44.1 Å². The van der Waals surface area contributed by atoms with Crippen LogP contribution in [0, 0.1) is 5.92 Å². The van der Waals surface area contributed by atoms with Crippen LogP contribution < -0.4 is 0 Å². The second-order valence-corrected chi connectivity index (χ2v) is 11.7. The van der Waals surface area contributed by atoms with E-state index in [1.54, 1.807) is 6.92 Å². The minimum atomic E-state index is -1.01. The molecule has 1 aliphatic heterocycles. The minimum absolute atomic E-state index is 0.000784. The molecule has 41 heavy (non-hydrogen) atoms. The normalized spacial score (nSPS) is 17.9. The quantitative estimate of drug-likeness (QED) is 0.116. The van der Waals surface area contributed by atoms with E-state index in [1.165, 1.54) is 32.1 Å². The Balaban J connectivity index is 2.84. The Morgan fingerprint density at radius 2 is 1.37 bits per heavy atom. The lowest BCUT2D eigenvalue weighted by Gasteiger charge is -2.36. The van der Waals surface area contributed by atoms with E-state index >= 15 is 0 Å². The number of piperidine rings is 1. The number of esters is 4. The van der Waals surface area contributed by atoms with Gasteiger partial charge in [-0.3, -0.25) is 19.2 Å². The second kappa shape index (κ2) is 21.5. The van der Waals surface area contributed by atoms with Crippen LogP contribution in [0.5, 0.6) is 0 Å². The first-order valence-corrected chi connectivity index (χ1v) is 16.1. The largest absolute Gasteiger partial charge is 0.466 e. The SMILES string of the molecule is CCCC(=O)OCC[C@@H](OC(=O)CCC)[C@H](OC(=O)CCC)[C@H](C)OC(=O)CCCN1CCCCC1CCC(C)C. The predicted octanol–water partition coefficient (Wildman–Crippen LogP) is 6.15. The minimum Gasteiger partial charge on any atom is -0.466 e. The van der Waals surface area contributed by atoms with Gasteiger partial charge in [-0.2, -0.15) is 0 Å². The van der Waals surface area contributed by atoms with E-state index in [4.69, 9.17) is 18.9 Å². The van der Waals surface area contributed by atoms with E-state index in [1.807, 2.05) is 20.8 Å². The molecule has 1 rings (SSSR count). The highest BCUT2D eigenvalue weighted by atomic mass is 16.6. The lowest BCUT2D eigenvalue weighted by molar-refractivity contribution is -0.186. The summed E-state index contributed by atoms with van der Waals surface area (Å²) in [6.45, 7) is 13.7. The molecule has 0 radical (unpaired) electrons. The van der Waals surface area contributed by atoms with Gasteiger partial charge in [-0.25, -0.2) is 0 Å². The maximum Gasteiger partial charge on any atom is 0.306 e. The summed E-state index contributed by atoms with van der Waals surface area (Å²) in [6.07, 6.45) is 6.88. The Morgan fingerprint density at radius 1 is 0.756 bits per heavy atom. The zero-order chi connectivity index (χ0) is 30.6. The highest BCUT2D eigenvalue weighted by Gasteiger charge is 2.36. The maximum absolute atomic E-state index is 12.9. The molecule has 0 saturated carbocycles. The number of hydrogen-bond acceptors (Lipinski definition) is 9. The predicted molar refractivity (Wildman–Crippen MR) is 158 cm³/mol. The molecular formula is C32H57NO8. The first kappa shape index (κ1) is 36.9. The molecule has 238 valence electrons. The number of ether oxygens (including phenoxy) is 4. The Bertz CT molecular complexity index is 771. The summed E-state index contributed by atoms with van der Waals surface area (Å²) in [4.78, 5) is 52.2. The van der Waals surface area contributed by atoms with Crippen molar-refractivity contribution in [2.75, 3.05) is 19.7 Å². The number of carbonyl (C=O) groups excluding carboxylic acids is 4. The zero-order valence-electron chi connectivity index (χ0n) is 26.6. The van der Waals surface area contributed by atoms with E-state index in [0.717, 1.165) is 13.1 Å². The smallest absolute Gasteiger partial charge is 0.306 e. The molecule has 9 heteroatoms. The van der Waals surface area contributed by atoms with Crippen LogP contribution in [-0.2, 0) is 38.1 Å². The monoisotopic (exact) mass is 583 g/mol. The maximum atomic E-state index is 12.9. The van der Waals surface area contributed by atoms with Crippen LogP contribution in [0.1, 0.15) is 131 Å². The van der Waals surface area contributed by atoms with Crippen molar-refractivity contribution in [2.45, 2.75) is 156 Å². The Morgan fingerprint density at radius 3 is 2.00 bits per heavy atom. The molecule has 1 unspecified atom stereocenters. The average molecular weight is 584 g/mol. The Hall–Kier alpha value is -2.16. The van der Waals surface area contributed by atoms with Crippen molar-refractivity contribution in [3.05, 3.63) is 0 Å². The van der Waals surface area contributed by atoms with Gasteiger partial charge >= 0.3 is 23.9 Å². The van der Waals surface area contributed by atoms with Crippen molar-refractivity contribution < 1.29 is 38.1 Å². The summed E-state index contributed by atoms with van der Waals surface area (Å²) in [5.74, 6) is -0.940. The molecule has 1 heterocycles. The molecule has 0 amide bonds. The standard InChI is InChI=1S/C32H57NO8/c1-7-13-28(34)38-23-20-27(40-29(35)14-8-2)32(41-30(36)15-9-3)25(6)39-31(37)17-12-22-33-21-11-10-16-26(33)19-18-24(4)5/h24-27,32H,7-23H2,1-6H3/t25-,26?,27+,32+/m0/s1. The van der Waals surface area contributed by atoms with Gasteiger partial charge in [0.05, 0.1) is 6.61 Å². The average Bonchev–Trinajstić information content (AvgIpc) is 2.91. The first-order valence-electron chi connectivity index (χ1n) is 16.1. The third-order valence-corrected chi connectivity index (χ3v) is 7.38. The van der Waals surface area contributed by atoms with Crippen LogP contribution >= 0.6 is 0 Å². The summed E-state index contributed by atoms with van der Waals surface area (Å²) in [6, 6.07) is 0.577. The van der Waals surface area contributed by atoms with Crippen LogP contribution in [-0.4, -0.2) is 72.8 Å². The van der Waals surface area contributed by atoms with Gasteiger partial charge in [0.2, 0.25) is 0 Å². The van der Waals surface area contributed by atoms with Crippen molar-refractivity contribution in [2.24, 2.45) is 5.92 Å². The summed E-state index contributed by atoms with van der Waals surface area (Å²) >= 11 is 0. The van der Waals surface area contributed by atoms with Gasteiger partial charge in [-0.1, -0.05) is 41.0 Å². The van der Waals surface area contributed by atoms with Crippen LogP contribution in [0.3, 0.4) is 0 Å². The zero-order valence-corrected chi connectivity index (χ0v) is 26.6. The highest BCUT2D eigenvalue weighted by Crippen LogP contribution is 2.23. The molecule has 1 saturated heterocycles. The van der Waals surface area contributed by atoms with Crippen LogP contribution in [0.2, 0.25) is 0 Å². The molecule has 0 bridgehead atoms. The second-order valence-electron chi connectivity index (χ2n) is 11.7. The first-order chi connectivity index (χ1) is 19.6. The molecule has 0 spiro atoms. The molecule has 0 aliphatic carbocycles. The lowest BCUT2D eigenvalue weighted by atomic mass is 9.94. The fourth-order valence-corrected chi connectivity index (χ4v) is 5.14. The van der Waals surface area contributed by atoms with Crippen molar-refractivity contribution in [1.82, 2.24) is 4.90 Å². The van der Waals surface area contributed by atoms with Gasteiger partial charge in [-0.15, -0.1) is 0 Å².